The highest BCUT2D eigenvalue weighted by Gasteiger charge is 2.22. The highest BCUT2D eigenvalue weighted by atomic mass is 16.4. The van der Waals surface area contributed by atoms with Crippen LogP contribution in [-0.2, 0) is 11.3 Å². The third kappa shape index (κ3) is 4.96. The molecule has 1 saturated heterocycles. The molecule has 2 heterocycles. The first-order valence-electron chi connectivity index (χ1n) is 9.31. The Kier molecular flexibility index (Phi) is 6.12. The summed E-state index contributed by atoms with van der Waals surface area (Å²) in [6.07, 6.45) is 3.13. The molecular formula is C21H28N2O3. The molecule has 2 aromatic rings. The fourth-order valence-electron chi connectivity index (χ4n) is 3.64. The second-order valence-corrected chi connectivity index (χ2v) is 7.30. The molecule has 1 aliphatic heterocycles. The smallest absolute Gasteiger partial charge is 0.317 e. The van der Waals surface area contributed by atoms with Crippen LogP contribution in [0.1, 0.15) is 30.6 Å². The third-order valence-corrected chi connectivity index (χ3v) is 5.18. The average molecular weight is 356 g/mol. The first kappa shape index (κ1) is 18.7. The number of likely N-dealkylation sites (tertiary alicyclic amines) is 1. The summed E-state index contributed by atoms with van der Waals surface area (Å²) >= 11 is 0. The summed E-state index contributed by atoms with van der Waals surface area (Å²) in [5, 5.41) is 8.98. The number of hydrogen-bond acceptors (Lipinski definition) is 4. The number of aryl methyl sites for hydroxylation is 1. The Morgan fingerprint density at radius 2 is 1.96 bits per heavy atom. The fraction of sp³-hybridized carbons (Fsp3) is 0.476. The lowest BCUT2D eigenvalue weighted by atomic mass is 10.1. The Balaban J connectivity index is 1.56. The van der Waals surface area contributed by atoms with Gasteiger partial charge in [-0.3, -0.25) is 14.6 Å². The molecule has 3 rings (SSSR count). The van der Waals surface area contributed by atoms with E-state index < -0.39 is 5.97 Å². The first-order chi connectivity index (χ1) is 12.5. The lowest BCUT2D eigenvalue weighted by Gasteiger charge is -2.25. The number of hydrogen-bond donors (Lipinski definition) is 1. The molecule has 0 radical (unpaired) electrons. The van der Waals surface area contributed by atoms with Crippen LogP contribution < -0.4 is 0 Å². The molecule has 1 unspecified atom stereocenters. The molecule has 1 aliphatic rings. The van der Waals surface area contributed by atoms with Crippen molar-refractivity contribution in [1.82, 2.24) is 9.80 Å². The van der Waals surface area contributed by atoms with Crippen molar-refractivity contribution in [3.05, 3.63) is 47.7 Å². The summed E-state index contributed by atoms with van der Waals surface area (Å²) in [5.41, 5.74) is 2.35. The highest BCUT2D eigenvalue weighted by molar-refractivity contribution is 5.69. The van der Waals surface area contributed by atoms with Gasteiger partial charge >= 0.3 is 5.97 Å². The van der Waals surface area contributed by atoms with Crippen LogP contribution in [0.5, 0.6) is 0 Å². The molecule has 0 bridgehead atoms. The number of carboxylic acids is 1. The van der Waals surface area contributed by atoms with Crippen molar-refractivity contribution in [2.75, 3.05) is 26.7 Å². The van der Waals surface area contributed by atoms with Gasteiger partial charge in [0.1, 0.15) is 11.5 Å². The summed E-state index contributed by atoms with van der Waals surface area (Å²) in [6.45, 7) is 5.00. The topological polar surface area (TPSA) is 56.9 Å². The van der Waals surface area contributed by atoms with Crippen molar-refractivity contribution >= 4 is 5.97 Å². The van der Waals surface area contributed by atoms with E-state index >= 15 is 0 Å². The number of nitrogens with zero attached hydrogens (tertiary/aromatic N) is 2. The van der Waals surface area contributed by atoms with Crippen LogP contribution in [0.15, 0.2) is 40.8 Å². The number of furan rings is 1. The normalized spacial score (nSPS) is 18.8. The molecule has 1 aromatic carbocycles. The maximum Gasteiger partial charge on any atom is 0.317 e. The van der Waals surface area contributed by atoms with Crippen LogP contribution in [0.3, 0.4) is 0 Å². The monoisotopic (exact) mass is 356 g/mol. The van der Waals surface area contributed by atoms with Crippen molar-refractivity contribution in [2.45, 2.75) is 38.8 Å². The summed E-state index contributed by atoms with van der Waals surface area (Å²) < 4.78 is 6.05. The van der Waals surface area contributed by atoms with Gasteiger partial charge in [-0.25, -0.2) is 0 Å². The molecule has 1 atom stereocenters. The van der Waals surface area contributed by atoms with E-state index in [4.69, 9.17) is 9.52 Å². The number of benzene rings is 1. The second kappa shape index (κ2) is 8.52. The number of carbonyl (C=O) groups is 1. The average Bonchev–Trinajstić information content (AvgIpc) is 2.93. The molecule has 1 N–H and O–H groups in total. The Morgan fingerprint density at radius 1 is 1.19 bits per heavy atom. The van der Waals surface area contributed by atoms with E-state index in [9.17, 15) is 4.79 Å². The Labute approximate surface area is 155 Å². The number of carboxylic acid groups (broad SMARTS) is 1. The Bertz CT molecular complexity index is 723. The quantitative estimate of drug-likeness (QED) is 0.857. The molecule has 140 valence electrons. The zero-order valence-corrected chi connectivity index (χ0v) is 15.6. The maximum atomic E-state index is 10.9. The fourth-order valence-corrected chi connectivity index (χ4v) is 3.64. The molecule has 5 nitrogen and oxygen atoms in total. The van der Waals surface area contributed by atoms with Gasteiger partial charge in [0.25, 0.3) is 0 Å². The minimum atomic E-state index is -0.757. The molecule has 0 amide bonds. The van der Waals surface area contributed by atoms with E-state index in [2.05, 4.69) is 42.2 Å². The highest BCUT2D eigenvalue weighted by Crippen LogP contribution is 2.24. The van der Waals surface area contributed by atoms with Crippen LogP contribution in [0, 0.1) is 6.92 Å². The summed E-state index contributed by atoms with van der Waals surface area (Å²) in [6, 6.07) is 12.8. The molecule has 26 heavy (non-hydrogen) atoms. The minimum Gasteiger partial charge on any atom is -0.480 e. The van der Waals surface area contributed by atoms with E-state index in [0.29, 0.717) is 6.04 Å². The lowest BCUT2D eigenvalue weighted by molar-refractivity contribution is -0.138. The van der Waals surface area contributed by atoms with E-state index in [1.165, 1.54) is 5.56 Å². The molecular weight excluding hydrogens is 328 g/mol. The predicted molar refractivity (Wildman–Crippen MR) is 102 cm³/mol. The largest absolute Gasteiger partial charge is 0.480 e. The van der Waals surface area contributed by atoms with Gasteiger partial charge in [0.05, 0.1) is 13.1 Å². The van der Waals surface area contributed by atoms with Crippen LogP contribution >= 0.6 is 0 Å². The zero-order chi connectivity index (χ0) is 18.5. The number of likely N-dealkylation sites (N-methyl/N-ethyl adjacent to an activating group) is 1. The first-order valence-corrected chi connectivity index (χ1v) is 9.31. The van der Waals surface area contributed by atoms with E-state index in [1.807, 2.05) is 18.0 Å². The minimum absolute atomic E-state index is 0.114. The number of aliphatic carboxylic acids is 1. The maximum absolute atomic E-state index is 10.9. The third-order valence-electron chi connectivity index (χ3n) is 5.18. The summed E-state index contributed by atoms with van der Waals surface area (Å²) in [7, 11) is 1.91. The Morgan fingerprint density at radius 3 is 2.69 bits per heavy atom. The van der Waals surface area contributed by atoms with Crippen molar-refractivity contribution < 1.29 is 14.3 Å². The van der Waals surface area contributed by atoms with Crippen molar-refractivity contribution in [3.63, 3.8) is 0 Å². The predicted octanol–water partition coefficient (Wildman–Crippen LogP) is 3.63. The van der Waals surface area contributed by atoms with Crippen LogP contribution in [0.4, 0.5) is 0 Å². The van der Waals surface area contributed by atoms with Crippen molar-refractivity contribution in [2.24, 2.45) is 0 Å². The standard InChI is InChI=1S/C21H28N2O3/c1-16-5-7-17(8-6-16)20-10-9-19(26-20)14-23-12-3-4-18(11-13-23)22(2)15-21(24)25/h5-10,18H,3-4,11-15H2,1-2H3,(H,24,25). The number of rotatable bonds is 6. The summed E-state index contributed by atoms with van der Waals surface area (Å²) in [5.74, 6) is 1.14. The SMILES string of the molecule is Cc1ccc(-c2ccc(CN3CCCC(N(C)CC(=O)O)CC3)o2)cc1. The zero-order valence-electron chi connectivity index (χ0n) is 15.6. The van der Waals surface area contributed by atoms with Gasteiger partial charge in [0, 0.05) is 18.2 Å². The van der Waals surface area contributed by atoms with Crippen molar-refractivity contribution in [1.29, 1.82) is 0 Å². The van der Waals surface area contributed by atoms with Gasteiger partial charge in [-0.15, -0.1) is 0 Å². The molecule has 0 aliphatic carbocycles. The van der Waals surface area contributed by atoms with Gasteiger partial charge in [-0.1, -0.05) is 29.8 Å². The van der Waals surface area contributed by atoms with E-state index in [-0.39, 0.29) is 6.54 Å². The molecule has 1 aromatic heterocycles. The van der Waals surface area contributed by atoms with E-state index in [1.54, 1.807) is 0 Å². The summed E-state index contributed by atoms with van der Waals surface area (Å²) in [4.78, 5) is 15.3. The van der Waals surface area contributed by atoms with Crippen LogP contribution in [0.2, 0.25) is 0 Å². The second-order valence-electron chi connectivity index (χ2n) is 7.30. The van der Waals surface area contributed by atoms with Gasteiger partial charge in [0.15, 0.2) is 0 Å². The van der Waals surface area contributed by atoms with Crippen molar-refractivity contribution in [3.8, 4) is 11.3 Å². The van der Waals surface area contributed by atoms with Gasteiger partial charge in [-0.2, -0.15) is 0 Å². The van der Waals surface area contributed by atoms with Crippen LogP contribution in [0.25, 0.3) is 11.3 Å². The van der Waals surface area contributed by atoms with Gasteiger partial charge in [-0.05, 0) is 51.9 Å². The molecule has 0 spiro atoms. The van der Waals surface area contributed by atoms with Crippen LogP contribution in [-0.4, -0.2) is 53.6 Å². The molecule has 5 heteroatoms. The lowest BCUT2D eigenvalue weighted by Crippen LogP contribution is -2.36. The van der Waals surface area contributed by atoms with E-state index in [0.717, 1.165) is 56.0 Å². The Hall–Kier alpha value is -2.11. The van der Waals surface area contributed by atoms with Gasteiger partial charge < -0.3 is 9.52 Å². The van der Waals surface area contributed by atoms with Gasteiger partial charge in [0.2, 0.25) is 0 Å². The molecule has 0 saturated carbocycles. The molecule has 1 fully saturated rings.